The Morgan fingerprint density at radius 2 is 2.10 bits per heavy atom. The summed E-state index contributed by atoms with van der Waals surface area (Å²) in [5.41, 5.74) is 0.942. The molecule has 0 aliphatic carbocycles. The van der Waals surface area contributed by atoms with E-state index in [1.807, 2.05) is 37.3 Å². The SMILES string of the molecule is CCCNC(=O)C1CCCN1C(=O)OCc1ccccc1. The summed E-state index contributed by atoms with van der Waals surface area (Å²) in [5.74, 6) is -0.0778. The van der Waals surface area contributed by atoms with Crippen molar-refractivity contribution in [1.82, 2.24) is 10.2 Å². The van der Waals surface area contributed by atoms with Crippen LogP contribution in [0.4, 0.5) is 4.79 Å². The number of nitrogens with one attached hydrogen (secondary N) is 1. The van der Waals surface area contributed by atoms with E-state index in [0.29, 0.717) is 19.5 Å². The molecule has 0 saturated carbocycles. The summed E-state index contributed by atoms with van der Waals surface area (Å²) in [6.45, 7) is 3.46. The van der Waals surface area contributed by atoms with Crippen LogP contribution < -0.4 is 5.32 Å². The van der Waals surface area contributed by atoms with Gasteiger partial charge in [0.05, 0.1) is 0 Å². The van der Waals surface area contributed by atoms with Crippen molar-refractivity contribution in [2.75, 3.05) is 13.1 Å². The summed E-state index contributed by atoms with van der Waals surface area (Å²) in [5, 5.41) is 2.84. The van der Waals surface area contributed by atoms with Gasteiger partial charge in [-0.05, 0) is 24.8 Å². The van der Waals surface area contributed by atoms with Crippen molar-refractivity contribution in [2.45, 2.75) is 38.8 Å². The van der Waals surface area contributed by atoms with Gasteiger partial charge in [-0.2, -0.15) is 0 Å². The smallest absolute Gasteiger partial charge is 0.410 e. The second kappa shape index (κ2) is 7.67. The molecule has 5 nitrogen and oxygen atoms in total. The number of hydrogen-bond donors (Lipinski definition) is 1. The largest absolute Gasteiger partial charge is 0.445 e. The van der Waals surface area contributed by atoms with Crippen molar-refractivity contribution in [3.8, 4) is 0 Å². The number of carbonyl (C=O) groups excluding carboxylic acids is 2. The highest BCUT2D eigenvalue weighted by atomic mass is 16.6. The van der Waals surface area contributed by atoms with E-state index in [4.69, 9.17) is 4.74 Å². The molecule has 1 atom stereocenters. The highest BCUT2D eigenvalue weighted by molar-refractivity contribution is 5.86. The van der Waals surface area contributed by atoms with Crippen LogP contribution in [0.15, 0.2) is 30.3 Å². The van der Waals surface area contributed by atoms with Crippen molar-refractivity contribution in [2.24, 2.45) is 0 Å². The van der Waals surface area contributed by atoms with E-state index in [1.54, 1.807) is 0 Å². The zero-order valence-corrected chi connectivity index (χ0v) is 12.4. The summed E-state index contributed by atoms with van der Waals surface area (Å²) in [6, 6.07) is 9.14. The third-order valence-corrected chi connectivity index (χ3v) is 3.54. The number of hydrogen-bond acceptors (Lipinski definition) is 3. The minimum atomic E-state index is -0.409. The molecular formula is C16H22N2O3. The molecule has 0 spiro atoms. The summed E-state index contributed by atoms with van der Waals surface area (Å²) in [7, 11) is 0. The Kier molecular flexibility index (Phi) is 5.60. The molecule has 2 amide bonds. The van der Waals surface area contributed by atoms with Crippen molar-refractivity contribution >= 4 is 12.0 Å². The van der Waals surface area contributed by atoms with Crippen LogP contribution in [-0.4, -0.2) is 36.0 Å². The Labute approximate surface area is 125 Å². The van der Waals surface area contributed by atoms with Crippen LogP contribution in [0.25, 0.3) is 0 Å². The Balaban J connectivity index is 1.87. The molecule has 0 radical (unpaired) electrons. The third-order valence-electron chi connectivity index (χ3n) is 3.54. The molecule has 1 aromatic carbocycles. The van der Waals surface area contributed by atoms with Gasteiger partial charge in [-0.3, -0.25) is 9.69 Å². The maximum atomic E-state index is 12.1. The number of rotatable bonds is 5. The molecule has 1 unspecified atom stereocenters. The third kappa shape index (κ3) is 4.21. The molecule has 1 aromatic rings. The second-order valence-corrected chi connectivity index (χ2v) is 5.18. The first-order chi connectivity index (χ1) is 10.2. The highest BCUT2D eigenvalue weighted by Gasteiger charge is 2.34. The zero-order valence-electron chi connectivity index (χ0n) is 12.4. The van der Waals surface area contributed by atoms with E-state index in [9.17, 15) is 9.59 Å². The first-order valence-electron chi connectivity index (χ1n) is 7.47. The van der Waals surface area contributed by atoms with Crippen molar-refractivity contribution in [3.63, 3.8) is 0 Å². The normalized spacial score (nSPS) is 17.6. The van der Waals surface area contributed by atoms with Crippen LogP contribution in [-0.2, 0) is 16.1 Å². The fraction of sp³-hybridized carbons (Fsp3) is 0.500. The summed E-state index contributed by atoms with van der Waals surface area (Å²) >= 11 is 0. The molecule has 1 aliphatic heterocycles. The Morgan fingerprint density at radius 3 is 2.81 bits per heavy atom. The van der Waals surface area contributed by atoms with E-state index in [-0.39, 0.29) is 18.6 Å². The van der Waals surface area contributed by atoms with Crippen LogP contribution in [0.2, 0.25) is 0 Å². The summed E-state index contributed by atoms with van der Waals surface area (Å²) in [6.07, 6.45) is 2.02. The molecule has 1 aliphatic rings. The van der Waals surface area contributed by atoms with Crippen LogP contribution in [0, 0.1) is 0 Å². The fourth-order valence-electron chi connectivity index (χ4n) is 2.43. The van der Waals surface area contributed by atoms with Crippen LogP contribution in [0.5, 0.6) is 0 Å². The lowest BCUT2D eigenvalue weighted by atomic mass is 10.2. The van der Waals surface area contributed by atoms with E-state index in [2.05, 4.69) is 5.32 Å². The van der Waals surface area contributed by atoms with E-state index < -0.39 is 6.09 Å². The number of ether oxygens (including phenoxy) is 1. The predicted octanol–water partition coefficient (Wildman–Crippen LogP) is 2.31. The van der Waals surface area contributed by atoms with Crippen molar-refractivity contribution in [1.29, 1.82) is 0 Å². The van der Waals surface area contributed by atoms with Crippen LogP contribution >= 0.6 is 0 Å². The molecule has 2 rings (SSSR count). The lowest BCUT2D eigenvalue weighted by Gasteiger charge is -2.23. The van der Waals surface area contributed by atoms with Gasteiger partial charge in [0.15, 0.2) is 0 Å². The molecule has 1 saturated heterocycles. The Hall–Kier alpha value is -2.04. The lowest BCUT2D eigenvalue weighted by Crippen LogP contribution is -2.46. The summed E-state index contributed by atoms with van der Waals surface area (Å²) < 4.78 is 5.30. The zero-order chi connectivity index (χ0) is 15.1. The van der Waals surface area contributed by atoms with E-state index >= 15 is 0 Å². The van der Waals surface area contributed by atoms with Crippen LogP contribution in [0.3, 0.4) is 0 Å². The monoisotopic (exact) mass is 290 g/mol. The minimum absolute atomic E-state index is 0.0778. The van der Waals surface area contributed by atoms with Crippen molar-refractivity contribution < 1.29 is 14.3 Å². The van der Waals surface area contributed by atoms with Gasteiger partial charge in [-0.1, -0.05) is 37.3 Å². The molecule has 1 fully saturated rings. The van der Waals surface area contributed by atoms with Gasteiger partial charge in [-0.25, -0.2) is 4.79 Å². The van der Waals surface area contributed by atoms with Gasteiger partial charge in [-0.15, -0.1) is 0 Å². The molecule has 0 aromatic heterocycles. The molecule has 5 heteroatoms. The van der Waals surface area contributed by atoms with Gasteiger partial charge in [0.25, 0.3) is 0 Å². The molecule has 1 heterocycles. The van der Waals surface area contributed by atoms with Crippen molar-refractivity contribution in [3.05, 3.63) is 35.9 Å². The molecule has 0 bridgehead atoms. The predicted molar refractivity (Wildman–Crippen MR) is 79.7 cm³/mol. The standard InChI is InChI=1S/C16H22N2O3/c1-2-10-17-15(19)14-9-6-11-18(14)16(20)21-12-13-7-4-3-5-8-13/h3-5,7-8,14H,2,6,9-12H2,1H3,(H,17,19). The number of likely N-dealkylation sites (tertiary alicyclic amines) is 1. The van der Waals surface area contributed by atoms with Gasteiger partial charge in [0.2, 0.25) is 5.91 Å². The molecule has 21 heavy (non-hydrogen) atoms. The van der Waals surface area contributed by atoms with Gasteiger partial charge in [0, 0.05) is 13.1 Å². The maximum absolute atomic E-state index is 12.1. The first kappa shape index (κ1) is 15.4. The van der Waals surface area contributed by atoms with Crippen LogP contribution in [0.1, 0.15) is 31.7 Å². The fourth-order valence-corrected chi connectivity index (χ4v) is 2.43. The topological polar surface area (TPSA) is 58.6 Å². The maximum Gasteiger partial charge on any atom is 0.410 e. The van der Waals surface area contributed by atoms with Gasteiger partial charge >= 0.3 is 6.09 Å². The Morgan fingerprint density at radius 1 is 1.33 bits per heavy atom. The number of amides is 2. The highest BCUT2D eigenvalue weighted by Crippen LogP contribution is 2.19. The van der Waals surface area contributed by atoms with E-state index in [1.165, 1.54) is 4.90 Å². The second-order valence-electron chi connectivity index (χ2n) is 5.18. The number of benzene rings is 1. The summed E-state index contributed by atoms with van der Waals surface area (Å²) in [4.78, 5) is 25.7. The Bertz CT molecular complexity index is 476. The van der Waals surface area contributed by atoms with E-state index in [0.717, 1.165) is 18.4 Å². The molecular weight excluding hydrogens is 268 g/mol. The lowest BCUT2D eigenvalue weighted by molar-refractivity contribution is -0.125. The quantitative estimate of drug-likeness (QED) is 0.905. The average molecular weight is 290 g/mol. The van der Waals surface area contributed by atoms with Gasteiger partial charge < -0.3 is 10.1 Å². The molecule has 114 valence electrons. The number of nitrogens with zero attached hydrogens (tertiary/aromatic N) is 1. The minimum Gasteiger partial charge on any atom is -0.445 e. The first-order valence-corrected chi connectivity index (χ1v) is 7.47. The van der Waals surface area contributed by atoms with Gasteiger partial charge in [0.1, 0.15) is 12.6 Å². The molecule has 1 N–H and O–H groups in total. The average Bonchev–Trinajstić information content (AvgIpc) is 3.01. The number of carbonyl (C=O) groups is 2.